The number of fused-ring (bicyclic) bond motifs is 3. The van der Waals surface area contributed by atoms with Gasteiger partial charge in [-0.15, -0.1) is 24.4 Å². The number of para-hydroxylation sites is 2. The summed E-state index contributed by atoms with van der Waals surface area (Å²) in [5, 5.41) is 3.46. The highest BCUT2D eigenvalue weighted by atomic mass is 32.2. The third-order valence-corrected chi connectivity index (χ3v) is 5.82. The van der Waals surface area contributed by atoms with E-state index in [0.717, 1.165) is 11.4 Å². The standard InChI is InChI=1S/C21H19N3S2/c22-20(25)21(23)26-13-14-9-11-15(12-10-14)24-18-7-3-1-5-16(18)17-6-2-4-8-19(17)24/h1-12,25H,13,22-23H2/b21-20+. The fourth-order valence-corrected chi connectivity index (χ4v) is 4.03. The zero-order chi connectivity index (χ0) is 18.1. The number of nitrogens with zero attached hydrogens (tertiary/aromatic N) is 1. The molecule has 0 spiro atoms. The lowest BCUT2D eigenvalue weighted by molar-refractivity contribution is 1.17. The van der Waals surface area contributed by atoms with Crippen molar-refractivity contribution in [3.8, 4) is 5.69 Å². The summed E-state index contributed by atoms with van der Waals surface area (Å²) >= 11 is 5.57. The van der Waals surface area contributed by atoms with Gasteiger partial charge in [0.1, 0.15) is 0 Å². The van der Waals surface area contributed by atoms with Gasteiger partial charge < -0.3 is 16.0 Å². The topological polar surface area (TPSA) is 57.0 Å². The van der Waals surface area contributed by atoms with Crippen LogP contribution in [0, 0.1) is 0 Å². The van der Waals surface area contributed by atoms with E-state index in [4.69, 9.17) is 11.5 Å². The van der Waals surface area contributed by atoms with Gasteiger partial charge in [0.2, 0.25) is 0 Å². The summed E-state index contributed by atoms with van der Waals surface area (Å²) in [5.74, 6) is 0.764. The summed E-state index contributed by atoms with van der Waals surface area (Å²) in [7, 11) is 0. The van der Waals surface area contributed by atoms with Crippen LogP contribution in [0.25, 0.3) is 27.5 Å². The van der Waals surface area contributed by atoms with Gasteiger partial charge in [-0.1, -0.05) is 48.5 Å². The largest absolute Gasteiger partial charge is 0.392 e. The highest BCUT2D eigenvalue weighted by Crippen LogP contribution is 2.32. The maximum absolute atomic E-state index is 5.83. The lowest BCUT2D eigenvalue weighted by Gasteiger charge is -2.09. The molecule has 3 aromatic carbocycles. The van der Waals surface area contributed by atoms with Gasteiger partial charge in [-0.3, -0.25) is 0 Å². The molecule has 0 atom stereocenters. The number of thiol groups is 1. The average molecular weight is 378 g/mol. The van der Waals surface area contributed by atoms with Crippen molar-refractivity contribution in [2.45, 2.75) is 5.75 Å². The molecule has 0 saturated heterocycles. The first-order valence-electron chi connectivity index (χ1n) is 8.29. The van der Waals surface area contributed by atoms with Gasteiger partial charge in [0.25, 0.3) is 0 Å². The van der Waals surface area contributed by atoms with Gasteiger partial charge in [-0.2, -0.15) is 0 Å². The number of benzene rings is 3. The Morgan fingerprint density at radius 1 is 0.808 bits per heavy atom. The molecule has 5 heteroatoms. The molecular formula is C21H19N3S2. The molecule has 4 aromatic rings. The van der Waals surface area contributed by atoms with Crippen LogP contribution in [0.2, 0.25) is 0 Å². The second-order valence-corrected chi connectivity index (χ2v) is 7.57. The van der Waals surface area contributed by atoms with Crippen LogP contribution < -0.4 is 11.5 Å². The molecule has 1 heterocycles. The van der Waals surface area contributed by atoms with Gasteiger partial charge in [-0.25, -0.2) is 0 Å². The minimum Gasteiger partial charge on any atom is -0.392 e. The molecule has 0 bridgehead atoms. The van der Waals surface area contributed by atoms with E-state index in [1.54, 1.807) is 0 Å². The van der Waals surface area contributed by atoms with E-state index in [1.165, 1.54) is 39.1 Å². The van der Waals surface area contributed by atoms with Gasteiger partial charge in [0.15, 0.2) is 0 Å². The average Bonchev–Trinajstić information content (AvgIpc) is 3.01. The number of aromatic nitrogens is 1. The van der Waals surface area contributed by atoms with Crippen LogP contribution in [0.1, 0.15) is 5.56 Å². The van der Waals surface area contributed by atoms with Crippen molar-refractivity contribution in [1.29, 1.82) is 0 Å². The van der Waals surface area contributed by atoms with Crippen molar-refractivity contribution < 1.29 is 0 Å². The van der Waals surface area contributed by atoms with Crippen LogP contribution in [0.15, 0.2) is 82.9 Å². The molecular weight excluding hydrogens is 358 g/mol. The first-order valence-corrected chi connectivity index (χ1v) is 9.73. The van der Waals surface area contributed by atoms with Crippen LogP contribution in [0.5, 0.6) is 0 Å². The zero-order valence-electron chi connectivity index (χ0n) is 14.1. The van der Waals surface area contributed by atoms with Gasteiger partial charge in [0, 0.05) is 22.2 Å². The van der Waals surface area contributed by atoms with Crippen molar-refractivity contribution in [2.24, 2.45) is 11.5 Å². The van der Waals surface area contributed by atoms with Crippen molar-refractivity contribution in [1.82, 2.24) is 4.57 Å². The molecule has 4 N–H and O–H groups in total. The fourth-order valence-electron chi connectivity index (χ4n) is 3.18. The normalized spacial score (nSPS) is 12.5. The molecule has 0 saturated carbocycles. The molecule has 0 fully saturated rings. The third kappa shape index (κ3) is 3.04. The van der Waals surface area contributed by atoms with Crippen molar-refractivity contribution in [3.63, 3.8) is 0 Å². The van der Waals surface area contributed by atoms with Gasteiger partial charge >= 0.3 is 0 Å². The summed E-state index contributed by atoms with van der Waals surface area (Å²) in [6.45, 7) is 0. The molecule has 0 radical (unpaired) electrons. The lowest BCUT2D eigenvalue weighted by Crippen LogP contribution is -2.02. The second kappa shape index (κ2) is 7.02. The highest BCUT2D eigenvalue weighted by molar-refractivity contribution is 8.03. The van der Waals surface area contributed by atoms with Crippen molar-refractivity contribution >= 4 is 46.2 Å². The Hall–Kier alpha value is -2.50. The van der Waals surface area contributed by atoms with E-state index in [-0.39, 0.29) is 0 Å². The maximum Gasteiger partial charge on any atom is 0.0957 e. The molecule has 26 heavy (non-hydrogen) atoms. The Bertz CT molecular complexity index is 1050. The number of nitrogens with two attached hydrogens (primary N) is 2. The third-order valence-electron chi connectivity index (χ3n) is 4.42. The summed E-state index contributed by atoms with van der Waals surface area (Å²) in [4.78, 5) is 0. The maximum atomic E-state index is 5.83. The molecule has 0 aliphatic carbocycles. The van der Waals surface area contributed by atoms with Crippen LogP contribution in [-0.4, -0.2) is 4.57 Å². The molecule has 0 amide bonds. The van der Waals surface area contributed by atoms with Crippen molar-refractivity contribution in [3.05, 3.63) is 88.4 Å². The van der Waals surface area contributed by atoms with Gasteiger partial charge in [-0.05, 0) is 29.8 Å². The molecule has 4 rings (SSSR count). The first-order chi connectivity index (χ1) is 12.6. The van der Waals surface area contributed by atoms with E-state index in [1.807, 2.05) is 0 Å². The minimum atomic E-state index is 0.372. The zero-order valence-corrected chi connectivity index (χ0v) is 15.8. The first kappa shape index (κ1) is 16.9. The van der Waals surface area contributed by atoms with E-state index < -0.39 is 0 Å². The van der Waals surface area contributed by atoms with Crippen LogP contribution in [0.4, 0.5) is 0 Å². The van der Waals surface area contributed by atoms with E-state index in [2.05, 4.69) is 90.0 Å². The van der Waals surface area contributed by atoms with Crippen LogP contribution >= 0.6 is 24.4 Å². The molecule has 1 aromatic heterocycles. The summed E-state index contributed by atoms with van der Waals surface area (Å²) in [6.07, 6.45) is 0. The summed E-state index contributed by atoms with van der Waals surface area (Å²) in [5.41, 5.74) is 16.2. The SMILES string of the molecule is N/C(S)=C(/N)SCc1ccc(-n2c3ccccc3c3ccccc32)cc1. The molecule has 0 aliphatic heterocycles. The van der Waals surface area contributed by atoms with Crippen LogP contribution in [0.3, 0.4) is 0 Å². The number of rotatable bonds is 4. The summed E-state index contributed by atoms with van der Waals surface area (Å²) in [6, 6.07) is 25.6. The van der Waals surface area contributed by atoms with E-state index >= 15 is 0 Å². The molecule has 3 nitrogen and oxygen atoms in total. The number of hydrogen-bond donors (Lipinski definition) is 3. The predicted octanol–water partition coefficient (Wildman–Crippen LogP) is 4.99. The Kier molecular flexibility index (Phi) is 4.57. The minimum absolute atomic E-state index is 0.372. The van der Waals surface area contributed by atoms with E-state index in [9.17, 15) is 0 Å². The summed E-state index contributed by atoms with van der Waals surface area (Å²) < 4.78 is 2.31. The Labute approximate surface area is 162 Å². The van der Waals surface area contributed by atoms with E-state index in [0.29, 0.717) is 10.1 Å². The smallest absolute Gasteiger partial charge is 0.0957 e. The quantitative estimate of drug-likeness (QED) is 0.439. The number of hydrogen-bond acceptors (Lipinski definition) is 4. The predicted molar refractivity (Wildman–Crippen MR) is 116 cm³/mol. The monoisotopic (exact) mass is 377 g/mol. The Morgan fingerprint density at radius 3 is 1.88 bits per heavy atom. The lowest BCUT2D eigenvalue weighted by atomic mass is 10.2. The van der Waals surface area contributed by atoms with Crippen molar-refractivity contribution in [2.75, 3.05) is 0 Å². The second-order valence-electron chi connectivity index (χ2n) is 6.07. The fraction of sp³-hybridized carbons (Fsp3) is 0.0476. The Balaban J connectivity index is 1.75. The molecule has 130 valence electrons. The Morgan fingerprint density at radius 2 is 1.35 bits per heavy atom. The number of thioether (sulfide) groups is 1. The van der Waals surface area contributed by atoms with Crippen LogP contribution in [-0.2, 0) is 5.75 Å². The highest BCUT2D eigenvalue weighted by Gasteiger charge is 2.11. The molecule has 0 aliphatic rings. The van der Waals surface area contributed by atoms with Gasteiger partial charge in [0.05, 0.1) is 21.1 Å². The molecule has 0 unspecified atom stereocenters.